The van der Waals surface area contributed by atoms with Crippen LogP contribution in [0, 0.1) is 13.8 Å². The zero-order valence-electron chi connectivity index (χ0n) is 12.1. The highest BCUT2D eigenvalue weighted by Gasteiger charge is 2.12. The Kier molecular flexibility index (Phi) is 4.41. The monoisotopic (exact) mass is 268 g/mol. The van der Waals surface area contributed by atoms with Crippen LogP contribution in [-0.4, -0.2) is 11.9 Å². The number of benzene rings is 2. The number of amides is 1. The van der Waals surface area contributed by atoms with Gasteiger partial charge in [-0.2, -0.15) is 0 Å². The fraction of sp³-hybridized carbons (Fsp3) is 0.235. The van der Waals surface area contributed by atoms with Crippen molar-refractivity contribution in [1.82, 2.24) is 0 Å². The van der Waals surface area contributed by atoms with E-state index in [1.165, 1.54) is 11.1 Å². The van der Waals surface area contributed by atoms with Gasteiger partial charge in [0.15, 0.2) is 0 Å². The van der Waals surface area contributed by atoms with Gasteiger partial charge < -0.3 is 10.6 Å². The number of hydrogen-bond donors (Lipinski definition) is 2. The summed E-state index contributed by atoms with van der Waals surface area (Å²) in [7, 11) is 0. The zero-order chi connectivity index (χ0) is 14.5. The molecule has 0 spiro atoms. The molecule has 20 heavy (non-hydrogen) atoms. The van der Waals surface area contributed by atoms with Crippen LogP contribution in [-0.2, 0) is 4.79 Å². The predicted octanol–water partition coefficient (Wildman–Crippen LogP) is 3.74. The van der Waals surface area contributed by atoms with Crippen molar-refractivity contribution in [3.8, 4) is 0 Å². The molecule has 2 rings (SSSR count). The van der Waals surface area contributed by atoms with Crippen molar-refractivity contribution in [3.05, 3.63) is 59.7 Å². The Morgan fingerprint density at radius 3 is 2.30 bits per heavy atom. The van der Waals surface area contributed by atoms with Gasteiger partial charge in [-0.3, -0.25) is 4.79 Å². The van der Waals surface area contributed by atoms with Crippen LogP contribution in [0.25, 0.3) is 0 Å². The van der Waals surface area contributed by atoms with Gasteiger partial charge in [0.05, 0.1) is 0 Å². The van der Waals surface area contributed by atoms with Crippen molar-refractivity contribution >= 4 is 17.3 Å². The number of para-hydroxylation sites is 1. The summed E-state index contributed by atoms with van der Waals surface area (Å²) in [6.07, 6.45) is 0. The molecule has 3 nitrogen and oxygen atoms in total. The minimum Gasteiger partial charge on any atom is -0.374 e. The van der Waals surface area contributed by atoms with Crippen molar-refractivity contribution in [2.75, 3.05) is 10.6 Å². The zero-order valence-corrected chi connectivity index (χ0v) is 12.1. The molecule has 104 valence electrons. The maximum atomic E-state index is 12.1. The molecule has 0 heterocycles. The summed E-state index contributed by atoms with van der Waals surface area (Å²) in [5, 5.41) is 6.10. The second kappa shape index (κ2) is 6.24. The third-order valence-electron chi connectivity index (χ3n) is 3.32. The molecular weight excluding hydrogens is 248 g/mol. The molecule has 0 saturated heterocycles. The second-order valence-corrected chi connectivity index (χ2v) is 5.02. The largest absolute Gasteiger partial charge is 0.374 e. The lowest BCUT2D eigenvalue weighted by Gasteiger charge is -2.16. The van der Waals surface area contributed by atoms with Crippen molar-refractivity contribution < 1.29 is 4.79 Å². The molecule has 2 N–H and O–H groups in total. The number of carbonyl (C=O) groups excluding carboxylic acids is 1. The first-order valence-corrected chi connectivity index (χ1v) is 6.76. The lowest BCUT2D eigenvalue weighted by molar-refractivity contribution is -0.116. The van der Waals surface area contributed by atoms with Gasteiger partial charge in [0.1, 0.15) is 6.04 Å². The Balaban J connectivity index is 1.98. The summed E-state index contributed by atoms with van der Waals surface area (Å²) >= 11 is 0. The van der Waals surface area contributed by atoms with Crippen LogP contribution in [0.4, 0.5) is 11.4 Å². The van der Waals surface area contributed by atoms with Crippen molar-refractivity contribution in [2.24, 2.45) is 0 Å². The third-order valence-corrected chi connectivity index (χ3v) is 3.32. The van der Waals surface area contributed by atoms with Gasteiger partial charge in [0, 0.05) is 11.4 Å². The summed E-state index contributed by atoms with van der Waals surface area (Å²) in [5.74, 6) is -0.0468. The summed E-state index contributed by atoms with van der Waals surface area (Å²) in [6, 6.07) is 15.3. The molecule has 2 aromatic carbocycles. The van der Waals surface area contributed by atoms with Gasteiger partial charge in [0.25, 0.3) is 0 Å². The Labute approximate surface area is 120 Å². The highest BCUT2D eigenvalue weighted by Crippen LogP contribution is 2.15. The topological polar surface area (TPSA) is 41.1 Å². The Morgan fingerprint density at radius 2 is 1.65 bits per heavy atom. The minimum atomic E-state index is -0.294. The lowest BCUT2D eigenvalue weighted by Crippen LogP contribution is -2.31. The first-order valence-electron chi connectivity index (χ1n) is 6.76. The quantitative estimate of drug-likeness (QED) is 0.886. The Hall–Kier alpha value is -2.29. The maximum Gasteiger partial charge on any atom is 0.246 e. The molecule has 0 aromatic heterocycles. The van der Waals surface area contributed by atoms with E-state index in [1.54, 1.807) is 0 Å². The van der Waals surface area contributed by atoms with Crippen molar-refractivity contribution in [1.29, 1.82) is 0 Å². The first-order chi connectivity index (χ1) is 9.56. The van der Waals surface area contributed by atoms with Crippen LogP contribution in [0.15, 0.2) is 48.5 Å². The molecule has 0 radical (unpaired) electrons. The molecule has 2 aromatic rings. The maximum absolute atomic E-state index is 12.1. The summed E-state index contributed by atoms with van der Waals surface area (Å²) < 4.78 is 0. The average molecular weight is 268 g/mol. The van der Waals surface area contributed by atoms with Crippen LogP contribution in [0.1, 0.15) is 18.1 Å². The average Bonchev–Trinajstić information content (AvgIpc) is 2.44. The summed E-state index contributed by atoms with van der Waals surface area (Å²) in [5.41, 5.74) is 4.23. The fourth-order valence-corrected chi connectivity index (χ4v) is 1.92. The molecule has 0 aliphatic carbocycles. The Morgan fingerprint density at radius 1 is 0.950 bits per heavy atom. The number of anilines is 2. The SMILES string of the molecule is Cc1ccc(NC(C)C(=O)Nc2ccccc2)cc1C. The van der Waals surface area contributed by atoms with E-state index in [4.69, 9.17) is 0 Å². The van der Waals surface area contributed by atoms with Gasteiger partial charge >= 0.3 is 0 Å². The summed E-state index contributed by atoms with van der Waals surface area (Å²) in [6.45, 7) is 5.99. The van der Waals surface area contributed by atoms with Gasteiger partial charge in [-0.05, 0) is 56.2 Å². The molecule has 1 unspecified atom stereocenters. The van der Waals surface area contributed by atoms with Crippen LogP contribution >= 0.6 is 0 Å². The van der Waals surface area contributed by atoms with E-state index >= 15 is 0 Å². The van der Waals surface area contributed by atoms with E-state index in [0.717, 1.165) is 11.4 Å². The van der Waals surface area contributed by atoms with Gasteiger partial charge in [-0.15, -0.1) is 0 Å². The van der Waals surface area contributed by atoms with Crippen LogP contribution in [0.3, 0.4) is 0 Å². The third kappa shape index (κ3) is 3.60. The van der Waals surface area contributed by atoms with Crippen LogP contribution in [0.5, 0.6) is 0 Å². The highest BCUT2D eigenvalue weighted by molar-refractivity contribution is 5.96. The van der Waals surface area contributed by atoms with Crippen LogP contribution in [0.2, 0.25) is 0 Å². The first kappa shape index (κ1) is 14.1. The number of nitrogens with one attached hydrogen (secondary N) is 2. The van der Waals surface area contributed by atoms with E-state index in [-0.39, 0.29) is 11.9 Å². The normalized spacial score (nSPS) is 11.8. The van der Waals surface area contributed by atoms with Gasteiger partial charge in [-0.25, -0.2) is 0 Å². The molecule has 1 amide bonds. The molecular formula is C17H20N2O. The number of hydrogen-bond acceptors (Lipinski definition) is 2. The predicted molar refractivity (Wildman–Crippen MR) is 84.1 cm³/mol. The Bertz CT molecular complexity index is 593. The van der Waals surface area contributed by atoms with E-state index in [0.29, 0.717) is 0 Å². The minimum absolute atomic E-state index is 0.0468. The van der Waals surface area contributed by atoms with Gasteiger partial charge in [-0.1, -0.05) is 24.3 Å². The van der Waals surface area contributed by atoms with E-state index < -0.39 is 0 Å². The van der Waals surface area contributed by atoms with E-state index in [1.807, 2.05) is 43.3 Å². The standard InChI is InChI=1S/C17H20N2O/c1-12-9-10-16(11-13(12)2)18-14(3)17(20)19-15-7-5-4-6-8-15/h4-11,14,18H,1-3H3,(H,19,20). The molecule has 0 aliphatic heterocycles. The van der Waals surface area contributed by atoms with E-state index in [9.17, 15) is 4.79 Å². The molecule has 3 heteroatoms. The summed E-state index contributed by atoms with van der Waals surface area (Å²) in [4.78, 5) is 12.1. The van der Waals surface area contributed by atoms with E-state index in [2.05, 4.69) is 36.6 Å². The number of rotatable bonds is 4. The van der Waals surface area contributed by atoms with Gasteiger partial charge in [0.2, 0.25) is 5.91 Å². The number of carbonyl (C=O) groups is 1. The van der Waals surface area contributed by atoms with Crippen LogP contribution < -0.4 is 10.6 Å². The molecule has 0 bridgehead atoms. The molecule has 0 fully saturated rings. The number of aryl methyl sites for hydroxylation is 2. The highest BCUT2D eigenvalue weighted by atomic mass is 16.2. The molecule has 1 atom stereocenters. The fourth-order valence-electron chi connectivity index (χ4n) is 1.92. The second-order valence-electron chi connectivity index (χ2n) is 5.02. The lowest BCUT2D eigenvalue weighted by atomic mass is 10.1. The smallest absolute Gasteiger partial charge is 0.246 e. The molecule has 0 saturated carbocycles. The van der Waals surface area contributed by atoms with Crippen molar-refractivity contribution in [3.63, 3.8) is 0 Å². The molecule has 0 aliphatic rings. The van der Waals surface area contributed by atoms with Crippen molar-refractivity contribution in [2.45, 2.75) is 26.8 Å².